The van der Waals surface area contributed by atoms with Gasteiger partial charge >= 0.3 is 5.91 Å². The van der Waals surface area contributed by atoms with Crippen molar-refractivity contribution >= 4 is 23.4 Å². The summed E-state index contributed by atoms with van der Waals surface area (Å²) in [7, 11) is 1.57. The van der Waals surface area contributed by atoms with Gasteiger partial charge in [0, 0.05) is 5.02 Å². The molecule has 0 saturated heterocycles. The Bertz CT molecular complexity index is 984. The number of benzene rings is 2. The van der Waals surface area contributed by atoms with Gasteiger partial charge in [-0.2, -0.15) is 0 Å². The van der Waals surface area contributed by atoms with Crippen molar-refractivity contribution in [2.75, 3.05) is 7.11 Å². The lowest BCUT2D eigenvalue weighted by molar-refractivity contribution is -0.121. The maximum Gasteiger partial charge on any atom is 0.309 e. The van der Waals surface area contributed by atoms with Crippen molar-refractivity contribution in [2.24, 2.45) is 0 Å². The van der Waals surface area contributed by atoms with Gasteiger partial charge in [-0.1, -0.05) is 23.7 Å². The van der Waals surface area contributed by atoms with E-state index >= 15 is 0 Å². The molecule has 144 valence electrons. The number of ether oxygens (including phenoxy) is 1. The standard InChI is InChI=1S/C19H18ClN5O3/c1-12-21-18(24-25(12)15-7-5-14(20)6-8-15)19(27)23-22-17(26)11-13-3-9-16(28-2)10-4-13/h3-10H,11H2,1-2H3,(H,22,26)(H,23,27). The summed E-state index contributed by atoms with van der Waals surface area (Å²) in [6, 6.07) is 14.0. The molecular weight excluding hydrogens is 382 g/mol. The predicted molar refractivity (Wildman–Crippen MR) is 103 cm³/mol. The molecule has 2 aromatic carbocycles. The first-order chi connectivity index (χ1) is 13.5. The average Bonchev–Trinajstić information content (AvgIpc) is 3.09. The molecule has 0 radical (unpaired) electrons. The second-order valence-electron chi connectivity index (χ2n) is 5.90. The van der Waals surface area contributed by atoms with Crippen molar-refractivity contribution in [3.8, 4) is 11.4 Å². The molecule has 0 unspecified atom stereocenters. The normalized spacial score (nSPS) is 10.4. The average molecular weight is 400 g/mol. The van der Waals surface area contributed by atoms with Crippen LogP contribution in [0.15, 0.2) is 48.5 Å². The lowest BCUT2D eigenvalue weighted by atomic mass is 10.1. The number of aromatic nitrogens is 3. The van der Waals surface area contributed by atoms with Gasteiger partial charge < -0.3 is 4.74 Å². The number of rotatable bonds is 5. The Morgan fingerprint density at radius 2 is 1.75 bits per heavy atom. The van der Waals surface area contributed by atoms with Crippen LogP contribution in [0.1, 0.15) is 22.0 Å². The monoisotopic (exact) mass is 399 g/mol. The number of amides is 2. The van der Waals surface area contributed by atoms with Crippen LogP contribution in [-0.4, -0.2) is 33.7 Å². The number of hydrogen-bond donors (Lipinski definition) is 2. The highest BCUT2D eigenvalue weighted by Gasteiger charge is 2.16. The summed E-state index contributed by atoms with van der Waals surface area (Å²) in [5, 5.41) is 4.77. The van der Waals surface area contributed by atoms with Gasteiger partial charge in [-0.25, -0.2) is 9.67 Å². The Labute approximate surface area is 166 Å². The third-order valence-corrected chi connectivity index (χ3v) is 4.13. The fourth-order valence-electron chi connectivity index (χ4n) is 2.47. The van der Waals surface area contributed by atoms with Crippen molar-refractivity contribution in [1.29, 1.82) is 0 Å². The maximum atomic E-state index is 12.2. The number of nitrogens with one attached hydrogen (secondary N) is 2. The lowest BCUT2D eigenvalue weighted by Crippen LogP contribution is -2.42. The topological polar surface area (TPSA) is 98.1 Å². The van der Waals surface area contributed by atoms with Crippen LogP contribution < -0.4 is 15.6 Å². The van der Waals surface area contributed by atoms with E-state index in [1.165, 1.54) is 4.68 Å². The minimum Gasteiger partial charge on any atom is -0.497 e. The molecule has 28 heavy (non-hydrogen) atoms. The fourth-order valence-corrected chi connectivity index (χ4v) is 2.59. The van der Waals surface area contributed by atoms with Crippen LogP contribution >= 0.6 is 11.6 Å². The molecule has 0 aliphatic carbocycles. The SMILES string of the molecule is COc1ccc(CC(=O)NNC(=O)c2nc(C)n(-c3ccc(Cl)cc3)n2)cc1. The van der Waals surface area contributed by atoms with E-state index in [9.17, 15) is 9.59 Å². The van der Waals surface area contributed by atoms with Crippen LogP contribution in [-0.2, 0) is 11.2 Å². The van der Waals surface area contributed by atoms with E-state index in [1.54, 1.807) is 62.6 Å². The third-order valence-electron chi connectivity index (χ3n) is 3.88. The zero-order valence-electron chi connectivity index (χ0n) is 15.3. The van der Waals surface area contributed by atoms with E-state index in [-0.39, 0.29) is 18.2 Å². The van der Waals surface area contributed by atoms with Crippen molar-refractivity contribution < 1.29 is 14.3 Å². The summed E-state index contributed by atoms with van der Waals surface area (Å²) in [5.74, 6) is 0.190. The third kappa shape index (κ3) is 4.66. The smallest absolute Gasteiger partial charge is 0.309 e. The Morgan fingerprint density at radius 3 is 2.39 bits per heavy atom. The first-order valence-corrected chi connectivity index (χ1v) is 8.76. The van der Waals surface area contributed by atoms with E-state index in [4.69, 9.17) is 16.3 Å². The van der Waals surface area contributed by atoms with Gasteiger partial charge in [-0.3, -0.25) is 20.4 Å². The van der Waals surface area contributed by atoms with Gasteiger partial charge in [0.15, 0.2) is 0 Å². The molecule has 0 aliphatic rings. The fraction of sp³-hybridized carbons (Fsp3) is 0.158. The number of hydrogen-bond acceptors (Lipinski definition) is 5. The minimum absolute atomic E-state index is 0.0582. The van der Waals surface area contributed by atoms with Gasteiger partial charge in [0.05, 0.1) is 19.2 Å². The first kappa shape index (κ1) is 19.4. The van der Waals surface area contributed by atoms with Crippen LogP contribution in [0.4, 0.5) is 0 Å². The number of hydrazine groups is 1. The Hall–Kier alpha value is -3.39. The van der Waals surface area contributed by atoms with E-state index in [1.807, 2.05) is 0 Å². The van der Waals surface area contributed by atoms with Crippen molar-refractivity contribution in [2.45, 2.75) is 13.3 Å². The van der Waals surface area contributed by atoms with Crippen molar-refractivity contribution in [1.82, 2.24) is 25.6 Å². The Morgan fingerprint density at radius 1 is 1.07 bits per heavy atom. The van der Waals surface area contributed by atoms with E-state index in [0.29, 0.717) is 16.6 Å². The Kier molecular flexibility index (Phi) is 5.90. The van der Waals surface area contributed by atoms with Crippen LogP contribution in [0.5, 0.6) is 5.75 Å². The van der Waals surface area contributed by atoms with Gasteiger partial charge in [0.1, 0.15) is 11.6 Å². The molecule has 2 amide bonds. The molecule has 3 rings (SSSR count). The number of halogens is 1. The molecule has 0 aliphatic heterocycles. The summed E-state index contributed by atoms with van der Waals surface area (Å²) in [6.45, 7) is 1.72. The summed E-state index contributed by atoms with van der Waals surface area (Å²) in [6.07, 6.45) is 0.107. The quantitative estimate of drug-likeness (QED) is 0.641. The summed E-state index contributed by atoms with van der Waals surface area (Å²) in [4.78, 5) is 28.4. The second-order valence-corrected chi connectivity index (χ2v) is 6.33. The van der Waals surface area contributed by atoms with Crippen LogP contribution in [0.25, 0.3) is 5.69 Å². The van der Waals surface area contributed by atoms with E-state index < -0.39 is 5.91 Å². The van der Waals surface area contributed by atoms with Gasteiger partial charge in [-0.05, 0) is 48.9 Å². The molecule has 1 aromatic heterocycles. The highest BCUT2D eigenvalue weighted by Crippen LogP contribution is 2.14. The molecule has 8 nitrogen and oxygen atoms in total. The molecule has 0 fully saturated rings. The first-order valence-electron chi connectivity index (χ1n) is 8.38. The molecule has 2 N–H and O–H groups in total. The molecule has 3 aromatic rings. The Balaban J connectivity index is 1.59. The summed E-state index contributed by atoms with van der Waals surface area (Å²) >= 11 is 5.88. The van der Waals surface area contributed by atoms with Gasteiger partial charge in [0.2, 0.25) is 11.7 Å². The van der Waals surface area contributed by atoms with E-state index in [2.05, 4.69) is 20.9 Å². The van der Waals surface area contributed by atoms with Crippen LogP contribution in [0.2, 0.25) is 5.02 Å². The maximum absolute atomic E-state index is 12.2. The molecule has 0 atom stereocenters. The zero-order valence-corrected chi connectivity index (χ0v) is 16.0. The molecule has 1 heterocycles. The number of aryl methyl sites for hydroxylation is 1. The zero-order chi connectivity index (χ0) is 20.1. The highest BCUT2D eigenvalue weighted by atomic mass is 35.5. The number of carbonyl (C=O) groups is 2. The number of carbonyl (C=O) groups excluding carboxylic acids is 2. The summed E-state index contributed by atoms with van der Waals surface area (Å²) in [5.41, 5.74) is 6.18. The van der Waals surface area contributed by atoms with Crippen LogP contribution in [0, 0.1) is 6.92 Å². The van der Waals surface area contributed by atoms with Crippen molar-refractivity contribution in [3.05, 3.63) is 70.8 Å². The van der Waals surface area contributed by atoms with Crippen LogP contribution in [0.3, 0.4) is 0 Å². The largest absolute Gasteiger partial charge is 0.497 e. The number of nitrogens with zero attached hydrogens (tertiary/aromatic N) is 3. The minimum atomic E-state index is -0.612. The summed E-state index contributed by atoms with van der Waals surface area (Å²) < 4.78 is 6.59. The molecular formula is C19H18ClN5O3. The molecule has 0 spiro atoms. The molecule has 0 bridgehead atoms. The molecule has 0 saturated carbocycles. The second kappa shape index (κ2) is 8.53. The van der Waals surface area contributed by atoms with Gasteiger partial charge in [0.25, 0.3) is 0 Å². The number of methoxy groups -OCH3 is 1. The molecule has 9 heteroatoms. The van der Waals surface area contributed by atoms with E-state index in [0.717, 1.165) is 11.3 Å². The predicted octanol–water partition coefficient (Wildman–Crippen LogP) is 2.24. The lowest BCUT2D eigenvalue weighted by Gasteiger charge is -2.06. The van der Waals surface area contributed by atoms with Gasteiger partial charge in [-0.15, -0.1) is 5.10 Å². The highest BCUT2D eigenvalue weighted by molar-refractivity contribution is 6.30. The van der Waals surface area contributed by atoms with Crippen molar-refractivity contribution in [3.63, 3.8) is 0 Å².